The van der Waals surface area contributed by atoms with Gasteiger partial charge in [-0.1, -0.05) is 0 Å². The highest BCUT2D eigenvalue weighted by Crippen LogP contribution is 2.39. The summed E-state index contributed by atoms with van der Waals surface area (Å²) >= 11 is 0. The van der Waals surface area contributed by atoms with Gasteiger partial charge in [-0.25, -0.2) is 13.1 Å². The van der Waals surface area contributed by atoms with Gasteiger partial charge in [0, 0.05) is 19.1 Å². The molecular formula is C17H29N3O6S. The maximum Gasteiger partial charge on any atom is 0.320 e. The Bertz CT molecular complexity index is 684. The summed E-state index contributed by atoms with van der Waals surface area (Å²) in [6, 6.07) is -1.55. The van der Waals surface area contributed by atoms with Crippen molar-refractivity contribution in [1.29, 1.82) is 0 Å². The predicted octanol–water partition coefficient (Wildman–Crippen LogP) is -0.458. The molecule has 2 aliphatic heterocycles. The minimum atomic E-state index is -3.38. The second-order valence-electron chi connectivity index (χ2n) is 8.36. The summed E-state index contributed by atoms with van der Waals surface area (Å²) in [5, 5.41) is 21.9. The number of fused-ring (bicyclic) bond motifs is 1. The van der Waals surface area contributed by atoms with Crippen molar-refractivity contribution in [3.8, 4) is 0 Å². The molecule has 4 N–H and O–H groups in total. The summed E-state index contributed by atoms with van der Waals surface area (Å²) in [5.41, 5.74) is 0. The lowest BCUT2D eigenvalue weighted by Gasteiger charge is -2.42. The number of nitrogens with one attached hydrogen (secondary N) is 2. The molecule has 27 heavy (non-hydrogen) atoms. The van der Waals surface area contributed by atoms with Crippen LogP contribution in [0.3, 0.4) is 0 Å². The zero-order valence-electron chi connectivity index (χ0n) is 15.5. The largest absolute Gasteiger partial charge is 0.480 e. The Labute approximate surface area is 159 Å². The van der Waals surface area contributed by atoms with Gasteiger partial charge in [-0.15, -0.1) is 0 Å². The number of piperidine rings is 1. The fourth-order valence-corrected chi connectivity index (χ4v) is 5.87. The monoisotopic (exact) mass is 403 g/mol. The molecule has 3 fully saturated rings. The first-order valence-electron chi connectivity index (χ1n) is 9.52. The maximum absolute atomic E-state index is 11.6. The smallest absolute Gasteiger partial charge is 0.320 e. The Kier molecular flexibility index (Phi) is 6.09. The number of likely N-dealkylation sites (tertiary alicyclic amines) is 1. The Morgan fingerprint density at radius 1 is 1.11 bits per heavy atom. The van der Waals surface area contributed by atoms with E-state index in [4.69, 9.17) is 0 Å². The van der Waals surface area contributed by atoms with Crippen molar-refractivity contribution in [2.45, 2.75) is 50.2 Å². The van der Waals surface area contributed by atoms with Crippen LogP contribution in [-0.2, 0) is 19.6 Å². The first-order chi connectivity index (χ1) is 12.6. The van der Waals surface area contributed by atoms with Crippen LogP contribution in [0.2, 0.25) is 0 Å². The third-order valence-electron chi connectivity index (χ3n) is 6.27. The molecule has 2 saturated heterocycles. The number of hydrogen-bond acceptors (Lipinski definition) is 6. The van der Waals surface area contributed by atoms with E-state index in [2.05, 4.69) is 10.0 Å². The zero-order valence-corrected chi connectivity index (χ0v) is 16.3. The Morgan fingerprint density at radius 3 is 2.48 bits per heavy atom. The van der Waals surface area contributed by atoms with Crippen molar-refractivity contribution in [3.63, 3.8) is 0 Å². The maximum atomic E-state index is 11.6. The quantitative estimate of drug-likeness (QED) is 0.468. The third kappa shape index (κ3) is 5.18. The van der Waals surface area contributed by atoms with Crippen molar-refractivity contribution in [2.24, 2.45) is 17.8 Å². The SMILES string of the molecule is CS(=O)(=O)NC1CC(C(=O)O)N(CC2CCC3CNC(C(=O)O)CC3C2)C1. The van der Waals surface area contributed by atoms with Gasteiger partial charge < -0.3 is 15.5 Å². The number of aliphatic carboxylic acids is 2. The average Bonchev–Trinajstić information content (AvgIpc) is 2.94. The van der Waals surface area contributed by atoms with E-state index in [-0.39, 0.29) is 12.5 Å². The highest BCUT2D eigenvalue weighted by Gasteiger charge is 2.42. The lowest BCUT2D eigenvalue weighted by Crippen LogP contribution is -2.50. The summed E-state index contributed by atoms with van der Waals surface area (Å²) in [7, 11) is -3.38. The Balaban J connectivity index is 1.60. The van der Waals surface area contributed by atoms with Crippen molar-refractivity contribution < 1.29 is 28.2 Å². The molecule has 6 unspecified atom stereocenters. The van der Waals surface area contributed by atoms with E-state index >= 15 is 0 Å². The van der Waals surface area contributed by atoms with Crippen LogP contribution in [0, 0.1) is 17.8 Å². The zero-order chi connectivity index (χ0) is 19.8. The number of carboxylic acid groups (broad SMARTS) is 2. The molecule has 2 heterocycles. The van der Waals surface area contributed by atoms with Gasteiger partial charge >= 0.3 is 11.9 Å². The van der Waals surface area contributed by atoms with Gasteiger partial charge in [0.15, 0.2) is 0 Å². The average molecular weight is 404 g/mol. The van der Waals surface area contributed by atoms with Crippen LogP contribution in [0.15, 0.2) is 0 Å². The van der Waals surface area contributed by atoms with Crippen LogP contribution >= 0.6 is 0 Å². The molecule has 0 aromatic carbocycles. The van der Waals surface area contributed by atoms with Gasteiger partial charge in [-0.3, -0.25) is 14.5 Å². The lowest BCUT2D eigenvalue weighted by molar-refractivity contribution is -0.143. The number of rotatable bonds is 6. The summed E-state index contributed by atoms with van der Waals surface area (Å²) in [4.78, 5) is 24.8. The van der Waals surface area contributed by atoms with Crippen LogP contribution in [0.5, 0.6) is 0 Å². The number of nitrogens with zero attached hydrogens (tertiary/aromatic N) is 1. The molecule has 1 saturated carbocycles. The number of carbonyl (C=O) groups is 2. The van der Waals surface area contributed by atoms with Gasteiger partial charge in [0.25, 0.3) is 0 Å². The van der Waals surface area contributed by atoms with Crippen LogP contribution in [0.25, 0.3) is 0 Å². The van der Waals surface area contributed by atoms with Crippen LogP contribution in [-0.4, -0.2) is 79.5 Å². The van der Waals surface area contributed by atoms with E-state index in [0.29, 0.717) is 37.3 Å². The molecule has 154 valence electrons. The molecule has 0 aromatic heterocycles. The molecule has 6 atom stereocenters. The second-order valence-corrected chi connectivity index (χ2v) is 10.1. The molecule has 0 bridgehead atoms. The fourth-order valence-electron chi connectivity index (χ4n) is 5.10. The van der Waals surface area contributed by atoms with Crippen molar-refractivity contribution in [3.05, 3.63) is 0 Å². The van der Waals surface area contributed by atoms with Crippen LogP contribution in [0.4, 0.5) is 0 Å². The minimum Gasteiger partial charge on any atom is -0.480 e. The van der Waals surface area contributed by atoms with Gasteiger partial charge in [-0.2, -0.15) is 0 Å². The number of hydrogen-bond donors (Lipinski definition) is 4. The molecule has 10 heteroatoms. The van der Waals surface area contributed by atoms with E-state index in [1.807, 2.05) is 4.90 Å². The Morgan fingerprint density at radius 2 is 1.85 bits per heavy atom. The molecule has 3 aliphatic rings. The van der Waals surface area contributed by atoms with Crippen LogP contribution in [0.1, 0.15) is 32.1 Å². The standard InChI is InChI=1S/C17H29N3O6S/c1-27(25,26)19-13-6-15(17(23)24)20(9-13)8-10-2-3-11-7-18-14(16(21)22)5-12(11)4-10/h10-15,18-19H,2-9H2,1H3,(H,21,22)(H,23,24). The number of sulfonamides is 1. The first kappa shape index (κ1) is 20.5. The molecule has 9 nitrogen and oxygen atoms in total. The highest BCUT2D eigenvalue weighted by molar-refractivity contribution is 7.88. The van der Waals surface area contributed by atoms with Crippen LogP contribution < -0.4 is 10.0 Å². The normalized spacial score (nSPS) is 37.7. The van der Waals surface area contributed by atoms with Gasteiger partial charge in [0.2, 0.25) is 10.0 Å². The van der Waals surface area contributed by atoms with Crippen molar-refractivity contribution >= 4 is 22.0 Å². The van der Waals surface area contributed by atoms with Crippen molar-refractivity contribution in [1.82, 2.24) is 14.9 Å². The lowest BCUT2D eigenvalue weighted by atomic mass is 9.69. The summed E-state index contributed by atoms with van der Waals surface area (Å²) < 4.78 is 25.5. The summed E-state index contributed by atoms with van der Waals surface area (Å²) in [6.45, 7) is 1.75. The fraction of sp³-hybridized carbons (Fsp3) is 0.882. The highest BCUT2D eigenvalue weighted by atomic mass is 32.2. The number of carboxylic acids is 2. The molecular weight excluding hydrogens is 374 g/mol. The van der Waals surface area contributed by atoms with Crippen molar-refractivity contribution in [2.75, 3.05) is 25.9 Å². The third-order valence-corrected chi connectivity index (χ3v) is 7.03. The Hall–Kier alpha value is -1.23. The molecule has 0 amide bonds. The van der Waals surface area contributed by atoms with Gasteiger partial charge in [-0.05, 0) is 56.4 Å². The molecule has 3 rings (SSSR count). The van der Waals surface area contributed by atoms with E-state index < -0.39 is 34.0 Å². The van der Waals surface area contributed by atoms with E-state index in [0.717, 1.165) is 32.1 Å². The van der Waals surface area contributed by atoms with Gasteiger partial charge in [0.05, 0.1) is 6.26 Å². The summed E-state index contributed by atoms with van der Waals surface area (Å²) in [6.07, 6.45) is 4.90. The molecule has 0 radical (unpaired) electrons. The first-order valence-corrected chi connectivity index (χ1v) is 11.4. The van der Waals surface area contributed by atoms with E-state index in [1.165, 1.54) is 0 Å². The predicted molar refractivity (Wildman–Crippen MR) is 97.7 cm³/mol. The van der Waals surface area contributed by atoms with E-state index in [1.54, 1.807) is 0 Å². The van der Waals surface area contributed by atoms with E-state index in [9.17, 15) is 28.2 Å². The second kappa shape index (κ2) is 8.02. The topological polar surface area (TPSA) is 136 Å². The van der Waals surface area contributed by atoms with Gasteiger partial charge in [0.1, 0.15) is 12.1 Å². The summed E-state index contributed by atoms with van der Waals surface area (Å²) in [5.74, 6) is -0.574. The molecule has 1 aliphatic carbocycles. The minimum absolute atomic E-state index is 0.270. The molecule has 0 spiro atoms. The molecule has 0 aromatic rings.